The van der Waals surface area contributed by atoms with E-state index in [0.717, 1.165) is 16.9 Å². The summed E-state index contributed by atoms with van der Waals surface area (Å²) in [5.41, 5.74) is 3.39. The monoisotopic (exact) mass is 410 g/mol. The average Bonchev–Trinajstić information content (AvgIpc) is 3.19. The molecule has 0 saturated heterocycles. The Hall–Kier alpha value is -3.29. The molecule has 3 heterocycles. The predicted octanol–water partition coefficient (Wildman–Crippen LogP) is 4.28. The van der Waals surface area contributed by atoms with Crippen molar-refractivity contribution in [2.24, 2.45) is 0 Å². The molecule has 0 spiro atoms. The second-order valence-corrected chi connectivity index (χ2v) is 6.54. The second-order valence-electron chi connectivity index (χ2n) is 5.77. The van der Waals surface area contributed by atoms with E-state index in [0.29, 0.717) is 11.3 Å². The van der Waals surface area contributed by atoms with Crippen molar-refractivity contribution in [3.8, 4) is 16.9 Å². The number of nitrogens with one attached hydrogen (secondary N) is 1. The van der Waals surface area contributed by atoms with Crippen LogP contribution in [0.1, 0.15) is 10.4 Å². The molecule has 0 aliphatic heterocycles. The quantitative estimate of drug-likeness (QED) is 0.507. The Bertz CT molecular complexity index is 1110. The third-order valence-electron chi connectivity index (χ3n) is 3.86. The first-order valence-corrected chi connectivity index (χ1v) is 8.90. The zero-order valence-corrected chi connectivity index (χ0v) is 15.8. The maximum Gasteiger partial charge on any atom is 0.255 e. The highest BCUT2D eigenvalue weighted by molar-refractivity contribution is 6.33. The van der Waals surface area contributed by atoms with Crippen LogP contribution in [0, 0.1) is 0 Å². The molecule has 4 aromatic rings. The van der Waals surface area contributed by atoms with Crippen LogP contribution in [0.5, 0.6) is 0 Å². The molecule has 0 fully saturated rings. The summed E-state index contributed by atoms with van der Waals surface area (Å²) in [4.78, 5) is 24.5. The van der Waals surface area contributed by atoms with Crippen LogP contribution in [0.25, 0.3) is 16.9 Å². The van der Waals surface area contributed by atoms with E-state index in [1.54, 1.807) is 41.6 Å². The highest BCUT2D eigenvalue weighted by Crippen LogP contribution is 2.20. The van der Waals surface area contributed by atoms with E-state index < -0.39 is 0 Å². The lowest BCUT2D eigenvalue weighted by Crippen LogP contribution is -2.12. The average molecular weight is 411 g/mol. The SMILES string of the molecule is O=C(Nc1ccc(-n2cc(-c3cnccn3)cn2)cc1)c1cc(Cl)nc(Cl)c1. The van der Waals surface area contributed by atoms with Crippen molar-refractivity contribution in [2.45, 2.75) is 0 Å². The van der Waals surface area contributed by atoms with E-state index >= 15 is 0 Å². The number of nitrogens with zero attached hydrogens (tertiary/aromatic N) is 5. The molecule has 7 nitrogen and oxygen atoms in total. The Balaban J connectivity index is 1.50. The van der Waals surface area contributed by atoms with Crippen molar-refractivity contribution in [2.75, 3.05) is 5.32 Å². The normalized spacial score (nSPS) is 10.6. The molecule has 1 N–H and O–H groups in total. The molecule has 0 atom stereocenters. The third-order valence-corrected chi connectivity index (χ3v) is 4.24. The Morgan fingerprint density at radius 2 is 1.75 bits per heavy atom. The standard InChI is InChI=1S/C19H12Cl2N6O/c20-17-7-12(8-18(21)26-17)19(28)25-14-1-3-15(4-2-14)27-11-13(9-24-27)16-10-22-5-6-23-16/h1-11H,(H,25,28). The summed E-state index contributed by atoms with van der Waals surface area (Å²) < 4.78 is 1.72. The van der Waals surface area contributed by atoms with Gasteiger partial charge in [-0.15, -0.1) is 0 Å². The molecule has 9 heteroatoms. The number of anilines is 1. The summed E-state index contributed by atoms with van der Waals surface area (Å²) in [7, 11) is 0. The van der Waals surface area contributed by atoms with Gasteiger partial charge in [-0.25, -0.2) is 9.67 Å². The zero-order valence-electron chi connectivity index (χ0n) is 14.3. The Morgan fingerprint density at radius 1 is 1.00 bits per heavy atom. The number of amides is 1. The molecule has 4 rings (SSSR count). The first kappa shape index (κ1) is 18.1. The lowest BCUT2D eigenvalue weighted by atomic mass is 10.2. The molecule has 1 amide bonds. The number of carbonyl (C=O) groups excluding carboxylic acids is 1. The van der Waals surface area contributed by atoms with E-state index in [1.807, 2.05) is 18.3 Å². The smallest absolute Gasteiger partial charge is 0.255 e. The number of benzene rings is 1. The molecule has 0 aliphatic carbocycles. The minimum atomic E-state index is -0.331. The van der Waals surface area contributed by atoms with E-state index in [2.05, 4.69) is 25.4 Å². The molecule has 0 bridgehead atoms. The lowest BCUT2D eigenvalue weighted by Gasteiger charge is -2.07. The van der Waals surface area contributed by atoms with Crippen LogP contribution >= 0.6 is 23.2 Å². The van der Waals surface area contributed by atoms with Gasteiger partial charge in [-0.05, 0) is 36.4 Å². The molecule has 0 unspecified atom stereocenters. The maximum absolute atomic E-state index is 12.3. The number of rotatable bonds is 4. The summed E-state index contributed by atoms with van der Waals surface area (Å²) in [6.45, 7) is 0. The van der Waals surface area contributed by atoms with Gasteiger partial charge >= 0.3 is 0 Å². The van der Waals surface area contributed by atoms with Gasteiger partial charge < -0.3 is 5.32 Å². The fourth-order valence-electron chi connectivity index (χ4n) is 2.54. The number of hydrogen-bond acceptors (Lipinski definition) is 5. The Morgan fingerprint density at radius 3 is 2.43 bits per heavy atom. The topological polar surface area (TPSA) is 85.6 Å². The fraction of sp³-hybridized carbons (Fsp3) is 0. The zero-order chi connectivity index (χ0) is 19.5. The molecule has 3 aromatic heterocycles. The maximum atomic E-state index is 12.3. The molecule has 138 valence electrons. The van der Waals surface area contributed by atoms with Crippen LogP contribution in [0.3, 0.4) is 0 Å². The van der Waals surface area contributed by atoms with Crippen LogP contribution < -0.4 is 5.32 Å². The van der Waals surface area contributed by atoms with E-state index in [1.165, 1.54) is 12.1 Å². The van der Waals surface area contributed by atoms with Gasteiger partial charge in [0.15, 0.2) is 0 Å². The van der Waals surface area contributed by atoms with Crippen molar-refractivity contribution in [3.63, 3.8) is 0 Å². The fourth-order valence-corrected chi connectivity index (χ4v) is 3.00. The van der Waals surface area contributed by atoms with Crippen molar-refractivity contribution < 1.29 is 4.79 Å². The van der Waals surface area contributed by atoms with Gasteiger partial charge in [0.2, 0.25) is 0 Å². The molecule has 0 aliphatic rings. The first-order valence-electron chi connectivity index (χ1n) is 8.14. The number of carbonyl (C=O) groups is 1. The van der Waals surface area contributed by atoms with E-state index in [9.17, 15) is 4.79 Å². The number of hydrogen-bond donors (Lipinski definition) is 1. The van der Waals surface area contributed by atoms with E-state index in [4.69, 9.17) is 23.2 Å². The Kier molecular flexibility index (Phi) is 5.01. The van der Waals surface area contributed by atoms with Gasteiger partial charge in [-0.1, -0.05) is 23.2 Å². The first-order chi connectivity index (χ1) is 13.6. The summed E-state index contributed by atoms with van der Waals surface area (Å²) in [5.74, 6) is -0.331. The molecule has 1 aromatic carbocycles. The minimum Gasteiger partial charge on any atom is -0.322 e. The van der Waals surface area contributed by atoms with Gasteiger partial charge in [0.1, 0.15) is 10.3 Å². The largest absolute Gasteiger partial charge is 0.322 e. The number of pyridine rings is 1. The van der Waals surface area contributed by atoms with Crippen molar-refractivity contribution in [1.29, 1.82) is 0 Å². The summed E-state index contributed by atoms with van der Waals surface area (Å²) >= 11 is 11.7. The lowest BCUT2D eigenvalue weighted by molar-refractivity contribution is 0.102. The van der Waals surface area contributed by atoms with E-state index in [-0.39, 0.29) is 16.2 Å². The third kappa shape index (κ3) is 4.00. The van der Waals surface area contributed by atoms with Gasteiger partial charge in [0.25, 0.3) is 5.91 Å². The molecule has 28 heavy (non-hydrogen) atoms. The van der Waals surface area contributed by atoms with Crippen molar-refractivity contribution in [3.05, 3.63) is 83.3 Å². The van der Waals surface area contributed by atoms with Gasteiger partial charge in [-0.3, -0.25) is 14.8 Å². The van der Waals surface area contributed by atoms with Crippen LogP contribution in [0.2, 0.25) is 10.3 Å². The summed E-state index contributed by atoms with van der Waals surface area (Å²) in [6, 6.07) is 10.2. The highest BCUT2D eigenvalue weighted by atomic mass is 35.5. The number of halogens is 2. The minimum absolute atomic E-state index is 0.158. The van der Waals surface area contributed by atoms with Gasteiger partial charge in [-0.2, -0.15) is 5.10 Å². The predicted molar refractivity (Wildman–Crippen MR) is 107 cm³/mol. The molecule has 0 radical (unpaired) electrons. The highest BCUT2D eigenvalue weighted by Gasteiger charge is 2.10. The van der Waals surface area contributed by atoms with Gasteiger partial charge in [0.05, 0.1) is 23.8 Å². The van der Waals surface area contributed by atoms with Crippen molar-refractivity contribution in [1.82, 2.24) is 24.7 Å². The van der Waals surface area contributed by atoms with Crippen LogP contribution in [0.15, 0.2) is 67.4 Å². The Labute approximate surface area is 170 Å². The van der Waals surface area contributed by atoms with Crippen LogP contribution in [-0.4, -0.2) is 30.6 Å². The number of aromatic nitrogens is 5. The van der Waals surface area contributed by atoms with Crippen LogP contribution in [-0.2, 0) is 0 Å². The molecule has 0 saturated carbocycles. The second kappa shape index (κ2) is 7.75. The van der Waals surface area contributed by atoms with Crippen molar-refractivity contribution >= 4 is 34.8 Å². The summed E-state index contributed by atoms with van der Waals surface area (Å²) in [6.07, 6.45) is 8.51. The van der Waals surface area contributed by atoms with Crippen LogP contribution in [0.4, 0.5) is 5.69 Å². The molecular formula is C19H12Cl2N6O. The van der Waals surface area contributed by atoms with Gasteiger partial charge in [0, 0.05) is 35.4 Å². The molecular weight excluding hydrogens is 399 g/mol. The summed E-state index contributed by atoms with van der Waals surface area (Å²) in [5, 5.41) is 7.45.